The summed E-state index contributed by atoms with van der Waals surface area (Å²) in [5, 5.41) is 0. The van der Waals surface area contributed by atoms with Crippen molar-refractivity contribution >= 4 is 11.6 Å². The maximum atomic E-state index is 14.2. The van der Waals surface area contributed by atoms with E-state index in [1.54, 1.807) is 0 Å². The van der Waals surface area contributed by atoms with Crippen LogP contribution in [0.5, 0.6) is 11.5 Å². The molecule has 0 amide bonds. The molecule has 2 aliphatic carbocycles. The van der Waals surface area contributed by atoms with Crippen molar-refractivity contribution in [2.75, 3.05) is 6.61 Å². The summed E-state index contributed by atoms with van der Waals surface area (Å²) in [6.45, 7) is 12.2. The van der Waals surface area contributed by atoms with Gasteiger partial charge < -0.3 is 14.4 Å². The van der Waals surface area contributed by atoms with Crippen molar-refractivity contribution in [3.05, 3.63) is 118 Å². The molecule has 1 heterocycles. The van der Waals surface area contributed by atoms with Gasteiger partial charge in [-0.2, -0.15) is 0 Å². The molecule has 3 aliphatic rings. The van der Waals surface area contributed by atoms with Crippen LogP contribution >= 0.6 is 0 Å². The van der Waals surface area contributed by atoms with E-state index in [0.717, 1.165) is 52.1 Å². The van der Waals surface area contributed by atoms with Gasteiger partial charge in [-0.3, -0.25) is 9.59 Å². The lowest BCUT2D eigenvalue weighted by molar-refractivity contribution is -0.119. The average Bonchev–Trinajstić information content (AvgIpc) is 2.97. The van der Waals surface area contributed by atoms with Crippen LogP contribution in [0, 0.1) is 10.8 Å². The third kappa shape index (κ3) is 5.97. The zero-order chi connectivity index (χ0) is 31.1. The minimum Gasteiger partial charge on any atom is -0.490 e. The van der Waals surface area contributed by atoms with Gasteiger partial charge in [0, 0.05) is 47.8 Å². The van der Waals surface area contributed by atoms with E-state index in [0.29, 0.717) is 44.1 Å². The first-order chi connectivity index (χ1) is 21.0. The first-order valence-corrected chi connectivity index (χ1v) is 15.8. The van der Waals surface area contributed by atoms with Gasteiger partial charge in [0.15, 0.2) is 23.1 Å². The summed E-state index contributed by atoms with van der Waals surface area (Å²) >= 11 is 0. The second-order valence-electron chi connectivity index (χ2n) is 14.0. The van der Waals surface area contributed by atoms with Gasteiger partial charge in [0.05, 0.1) is 6.61 Å². The fraction of sp³-hybridized carbons (Fsp3) is 0.385. The molecule has 5 heteroatoms. The first kappa shape index (κ1) is 29.9. The van der Waals surface area contributed by atoms with Crippen molar-refractivity contribution in [1.82, 2.24) is 4.90 Å². The highest BCUT2D eigenvalue weighted by Crippen LogP contribution is 2.55. The Morgan fingerprint density at radius 2 is 1.23 bits per heavy atom. The summed E-state index contributed by atoms with van der Waals surface area (Å²) in [5.41, 5.74) is 6.45. The molecule has 3 aromatic carbocycles. The van der Waals surface area contributed by atoms with Gasteiger partial charge in [-0.05, 0) is 59.4 Å². The Hall–Kier alpha value is -4.12. The molecule has 228 valence electrons. The highest BCUT2D eigenvalue weighted by molar-refractivity contribution is 6.06. The van der Waals surface area contributed by atoms with Crippen LogP contribution in [0.25, 0.3) is 0 Å². The van der Waals surface area contributed by atoms with Gasteiger partial charge in [-0.15, -0.1) is 0 Å². The van der Waals surface area contributed by atoms with Crippen LogP contribution < -0.4 is 9.47 Å². The molecule has 0 saturated heterocycles. The summed E-state index contributed by atoms with van der Waals surface area (Å²) in [5.74, 6) is 1.11. The number of allylic oxidation sites excluding steroid dienone is 4. The van der Waals surface area contributed by atoms with Crippen molar-refractivity contribution in [1.29, 1.82) is 0 Å². The van der Waals surface area contributed by atoms with E-state index in [4.69, 9.17) is 9.47 Å². The summed E-state index contributed by atoms with van der Waals surface area (Å²) in [4.78, 5) is 30.7. The monoisotopic (exact) mass is 589 g/mol. The lowest BCUT2D eigenvalue weighted by atomic mass is 9.63. The Morgan fingerprint density at radius 3 is 1.77 bits per heavy atom. The molecular weight excluding hydrogens is 546 g/mol. The molecule has 44 heavy (non-hydrogen) atoms. The number of ether oxygens (including phenoxy) is 2. The van der Waals surface area contributed by atoms with E-state index in [2.05, 4.69) is 56.9 Å². The molecule has 5 nitrogen and oxygen atoms in total. The average molecular weight is 590 g/mol. The Bertz CT molecular complexity index is 1580. The minimum absolute atomic E-state index is 0.130. The Labute approximate surface area is 261 Å². The number of Topliss-reactive ketones (excluding diaryl/α,β-unsaturated/α-hetero) is 2. The predicted molar refractivity (Wildman–Crippen MR) is 173 cm³/mol. The summed E-state index contributed by atoms with van der Waals surface area (Å²) in [6, 6.07) is 26.4. The number of carbonyl (C=O) groups excluding carboxylic acids is 2. The van der Waals surface area contributed by atoms with Gasteiger partial charge in [0.1, 0.15) is 6.61 Å². The van der Waals surface area contributed by atoms with Crippen LogP contribution in [0.2, 0.25) is 0 Å². The molecule has 0 unspecified atom stereocenters. The molecule has 0 N–H and O–H groups in total. The number of rotatable bonds is 8. The Morgan fingerprint density at radius 1 is 0.682 bits per heavy atom. The van der Waals surface area contributed by atoms with Crippen LogP contribution in [0.1, 0.15) is 82.9 Å². The summed E-state index contributed by atoms with van der Waals surface area (Å²) < 4.78 is 12.3. The largest absolute Gasteiger partial charge is 0.490 e. The van der Waals surface area contributed by atoms with Crippen LogP contribution in [0.3, 0.4) is 0 Å². The van der Waals surface area contributed by atoms with E-state index in [-0.39, 0.29) is 22.4 Å². The molecule has 0 aromatic heterocycles. The van der Waals surface area contributed by atoms with E-state index in [1.165, 1.54) is 0 Å². The molecule has 0 spiro atoms. The molecule has 0 radical (unpaired) electrons. The second-order valence-corrected chi connectivity index (χ2v) is 14.0. The van der Waals surface area contributed by atoms with E-state index in [1.807, 2.05) is 61.5 Å². The second kappa shape index (κ2) is 11.8. The quantitative estimate of drug-likeness (QED) is 0.264. The zero-order valence-corrected chi connectivity index (χ0v) is 26.6. The SMILES string of the molecule is CCOc1cc(C2C3=C(CC(C)(C)CC3=O)N(Cc3ccccc3)C3=C2C(=O)CC(C)(C)C3)ccc1OCc1ccccc1. The molecule has 0 saturated carbocycles. The van der Waals surface area contributed by atoms with E-state index >= 15 is 0 Å². The highest BCUT2D eigenvalue weighted by atomic mass is 16.5. The molecule has 0 bridgehead atoms. The lowest BCUT2D eigenvalue weighted by Gasteiger charge is -2.49. The number of carbonyl (C=O) groups is 2. The van der Waals surface area contributed by atoms with Crippen molar-refractivity contribution in [3.63, 3.8) is 0 Å². The van der Waals surface area contributed by atoms with E-state index in [9.17, 15) is 9.59 Å². The fourth-order valence-electron chi connectivity index (χ4n) is 7.17. The summed E-state index contributed by atoms with van der Waals surface area (Å²) in [6.07, 6.45) is 2.47. The topological polar surface area (TPSA) is 55.8 Å². The molecule has 0 fully saturated rings. The van der Waals surface area contributed by atoms with Gasteiger partial charge in [-0.1, -0.05) is 94.4 Å². The maximum Gasteiger partial charge on any atom is 0.162 e. The molecular formula is C39H43NO4. The van der Waals surface area contributed by atoms with Crippen LogP contribution in [-0.4, -0.2) is 23.1 Å². The number of nitrogens with zero attached hydrogens (tertiary/aromatic N) is 1. The number of ketones is 2. The number of benzene rings is 3. The van der Waals surface area contributed by atoms with Gasteiger partial charge in [0.25, 0.3) is 0 Å². The van der Waals surface area contributed by atoms with Crippen LogP contribution in [0.4, 0.5) is 0 Å². The minimum atomic E-state index is -0.429. The smallest absolute Gasteiger partial charge is 0.162 e. The van der Waals surface area contributed by atoms with Crippen LogP contribution in [-0.2, 0) is 22.7 Å². The Kier molecular flexibility index (Phi) is 8.00. The number of hydrogen-bond acceptors (Lipinski definition) is 5. The first-order valence-electron chi connectivity index (χ1n) is 15.8. The third-order valence-corrected chi connectivity index (χ3v) is 9.04. The van der Waals surface area contributed by atoms with Gasteiger partial charge in [-0.25, -0.2) is 0 Å². The predicted octanol–water partition coefficient (Wildman–Crippen LogP) is 8.55. The third-order valence-electron chi connectivity index (χ3n) is 9.04. The maximum absolute atomic E-state index is 14.2. The molecule has 6 rings (SSSR count). The zero-order valence-electron chi connectivity index (χ0n) is 26.6. The van der Waals surface area contributed by atoms with Crippen molar-refractivity contribution in [2.24, 2.45) is 10.8 Å². The fourth-order valence-corrected chi connectivity index (χ4v) is 7.17. The molecule has 3 aromatic rings. The normalized spacial score (nSPS) is 19.5. The number of hydrogen-bond donors (Lipinski definition) is 0. The van der Waals surface area contributed by atoms with Gasteiger partial charge >= 0.3 is 0 Å². The van der Waals surface area contributed by atoms with E-state index < -0.39 is 5.92 Å². The summed E-state index contributed by atoms with van der Waals surface area (Å²) in [7, 11) is 0. The highest BCUT2D eigenvalue weighted by Gasteiger charge is 2.49. The van der Waals surface area contributed by atoms with Crippen molar-refractivity contribution in [3.8, 4) is 11.5 Å². The van der Waals surface area contributed by atoms with Crippen molar-refractivity contribution in [2.45, 2.75) is 79.4 Å². The molecule has 1 aliphatic heterocycles. The van der Waals surface area contributed by atoms with Gasteiger partial charge in [0.2, 0.25) is 0 Å². The standard InChI is InChI=1S/C39H43NO4/c1-6-43-34-19-28(17-18-33(34)44-25-27-15-11-8-12-16-27)35-36-29(20-38(2,3)22-31(36)41)40(24-26-13-9-7-10-14-26)30-21-39(4,5)23-32(42)37(30)35/h7-19,35H,6,20-25H2,1-5H3. The lowest BCUT2D eigenvalue weighted by Crippen LogP contribution is -2.44. The molecule has 0 atom stereocenters. The Balaban J connectivity index is 1.49. The van der Waals surface area contributed by atoms with Crippen LogP contribution in [0.15, 0.2) is 101 Å². The van der Waals surface area contributed by atoms with Crippen molar-refractivity contribution < 1.29 is 19.1 Å².